The standard InChI is InChI=1S/C38H36N2/c1-25(2)28-9-11-32-23-35(19-15-30(32)21-28)40(34-17-13-27(14-18-34)37-7-5-6-8-38(37)39)36-20-16-31-22-29(26(3)4)10-12-33(31)24-36/h5-26H,39H2,1-4H3. The lowest BCUT2D eigenvalue weighted by molar-refractivity contribution is 0.869. The van der Waals surface area contributed by atoms with Crippen LogP contribution in [0.3, 0.4) is 0 Å². The lowest BCUT2D eigenvalue weighted by Gasteiger charge is -2.26. The molecule has 198 valence electrons. The van der Waals surface area contributed by atoms with Gasteiger partial charge in [0, 0.05) is 28.3 Å². The molecule has 0 saturated heterocycles. The van der Waals surface area contributed by atoms with Gasteiger partial charge in [-0.15, -0.1) is 0 Å². The predicted molar refractivity (Wildman–Crippen MR) is 174 cm³/mol. The van der Waals surface area contributed by atoms with Crippen LogP contribution in [0.15, 0.2) is 121 Å². The van der Waals surface area contributed by atoms with Crippen LogP contribution in [0.5, 0.6) is 0 Å². The highest BCUT2D eigenvalue weighted by atomic mass is 15.1. The van der Waals surface area contributed by atoms with Crippen molar-refractivity contribution in [3.05, 3.63) is 132 Å². The van der Waals surface area contributed by atoms with Crippen LogP contribution in [0.4, 0.5) is 22.7 Å². The molecule has 0 amide bonds. The third-order valence-electron chi connectivity index (χ3n) is 7.94. The minimum absolute atomic E-state index is 0.506. The molecule has 0 fully saturated rings. The first-order chi connectivity index (χ1) is 19.4. The molecule has 0 aliphatic carbocycles. The molecule has 0 saturated carbocycles. The van der Waals surface area contributed by atoms with Gasteiger partial charge in [-0.1, -0.05) is 107 Å². The number of benzene rings is 6. The Labute approximate surface area is 237 Å². The molecule has 0 aliphatic heterocycles. The predicted octanol–water partition coefficient (Wildman–Crippen LogP) is 11.0. The number of hydrogen-bond acceptors (Lipinski definition) is 2. The molecule has 0 spiro atoms. The van der Waals surface area contributed by atoms with E-state index in [1.165, 1.54) is 32.7 Å². The summed E-state index contributed by atoms with van der Waals surface area (Å²) in [7, 11) is 0. The lowest BCUT2D eigenvalue weighted by atomic mass is 9.98. The first kappa shape index (κ1) is 25.7. The van der Waals surface area contributed by atoms with Crippen molar-refractivity contribution in [1.29, 1.82) is 0 Å². The van der Waals surface area contributed by atoms with E-state index in [-0.39, 0.29) is 0 Å². The van der Waals surface area contributed by atoms with E-state index in [9.17, 15) is 0 Å². The van der Waals surface area contributed by atoms with Crippen molar-refractivity contribution >= 4 is 44.3 Å². The Kier molecular flexibility index (Phi) is 6.77. The van der Waals surface area contributed by atoms with Gasteiger partial charge in [-0.05, 0) is 92.5 Å². The highest BCUT2D eigenvalue weighted by Crippen LogP contribution is 2.39. The fourth-order valence-corrected chi connectivity index (χ4v) is 5.50. The van der Waals surface area contributed by atoms with Gasteiger partial charge in [-0.2, -0.15) is 0 Å². The minimum atomic E-state index is 0.506. The number of hydrogen-bond donors (Lipinski definition) is 1. The zero-order valence-electron chi connectivity index (χ0n) is 23.7. The quantitative estimate of drug-likeness (QED) is 0.221. The smallest absolute Gasteiger partial charge is 0.0468 e. The second-order valence-corrected chi connectivity index (χ2v) is 11.4. The summed E-state index contributed by atoms with van der Waals surface area (Å²) in [5.41, 5.74) is 15.3. The summed E-state index contributed by atoms with van der Waals surface area (Å²) >= 11 is 0. The Morgan fingerprint density at radius 3 is 1.43 bits per heavy atom. The fourth-order valence-electron chi connectivity index (χ4n) is 5.50. The van der Waals surface area contributed by atoms with Crippen LogP contribution >= 0.6 is 0 Å². The van der Waals surface area contributed by atoms with Crippen molar-refractivity contribution in [3.8, 4) is 11.1 Å². The molecule has 0 heterocycles. The molecule has 6 aromatic rings. The van der Waals surface area contributed by atoms with Crippen LogP contribution in [0.25, 0.3) is 32.7 Å². The van der Waals surface area contributed by atoms with Crippen molar-refractivity contribution in [2.75, 3.05) is 10.6 Å². The van der Waals surface area contributed by atoms with Gasteiger partial charge in [0.2, 0.25) is 0 Å². The molecule has 0 aromatic heterocycles. The zero-order valence-corrected chi connectivity index (χ0v) is 23.7. The monoisotopic (exact) mass is 520 g/mol. The largest absolute Gasteiger partial charge is 0.398 e. The number of fused-ring (bicyclic) bond motifs is 2. The normalized spacial score (nSPS) is 11.6. The van der Waals surface area contributed by atoms with Crippen LogP contribution in [0.2, 0.25) is 0 Å². The topological polar surface area (TPSA) is 29.3 Å². The third-order valence-corrected chi connectivity index (χ3v) is 7.94. The number of nitrogens with zero attached hydrogens (tertiary/aromatic N) is 1. The number of nitrogens with two attached hydrogens (primary N) is 1. The molecule has 2 N–H and O–H groups in total. The van der Waals surface area contributed by atoms with E-state index in [0.717, 1.165) is 33.9 Å². The summed E-state index contributed by atoms with van der Waals surface area (Å²) < 4.78 is 0. The zero-order chi connectivity index (χ0) is 27.8. The van der Waals surface area contributed by atoms with Crippen LogP contribution in [-0.2, 0) is 0 Å². The maximum absolute atomic E-state index is 6.29. The van der Waals surface area contributed by atoms with Gasteiger partial charge in [-0.3, -0.25) is 0 Å². The van der Waals surface area contributed by atoms with Crippen LogP contribution in [0.1, 0.15) is 50.7 Å². The van der Waals surface area contributed by atoms with Gasteiger partial charge in [0.1, 0.15) is 0 Å². The van der Waals surface area contributed by atoms with E-state index in [1.807, 2.05) is 18.2 Å². The van der Waals surface area contributed by atoms with E-state index < -0.39 is 0 Å². The molecule has 0 atom stereocenters. The van der Waals surface area contributed by atoms with Crippen molar-refractivity contribution in [3.63, 3.8) is 0 Å². The average molecular weight is 521 g/mol. The molecular formula is C38H36N2. The van der Waals surface area contributed by atoms with E-state index in [4.69, 9.17) is 5.73 Å². The molecule has 0 bridgehead atoms. The maximum Gasteiger partial charge on any atom is 0.0468 e. The Morgan fingerprint density at radius 2 is 0.925 bits per heavy atom. The van der Waals surface area contributed by atoms with Gasteiger partial charge in [-0.25, -0.2) is 0 Å². The van der Waals surface area contributed by atoms with Gasteiger partial charge >= 0.3 is 0 Å². The van der Waals surface area contributed by atoms with Crippen LogP contribution in [0, 0.1) is 0 Å². The Morgan fingerprint density at radius 1 is 0.475 bits per heavy atom. The van der Waals surface area contributed by atoms with E-state index in [1.54, 1.807) is 0 Å². The minimum Gasteiger partial charge on any atom is -0.398 e. The number of rotatable bonds is 6. The number of para-hydroxylation sites is 1. The van der Waals surface area contributed by atoms with Gasteiger partial charge in [0.05, 0.1) is 0 Å². The second-order valence-electron chi connectivity index (χ2n) is 11.4. The summed E-state index contributed by atoms with van der Waals surface area (Å²) in [4.78, 5) is 2.35. The summed E-state index contributed by atoms with van der Waals surface area (Å²) in [5.74, 6) is 1.01. The molecule has 0 aliphatic rings. The SMILES string of the molecule is CC(C)c1ccc2cc(N(c3ccc(-c4ccccc4N)cc3)c3ccc4cc(C(C)C)ccc4c3)ccc2c1. The molecule has 2 nitrogen and oxygen atoms in total. The highest BCUT2D eigenvalue weighted by Gasteiger charge is 2.15. The molecule has 2 heteroatoms. The van der Waals surface area contributed by atoms with Crippen molar-refractivity contribution in [1.82, 2.24) is 0 Å². The van der Waals surface area contributed by atoms with Gasteiger partial charge in [0.25, 0.3) is 0 Å². The van der Waals surface area contributed by atoms with Crippen LogP contribution < -0.4 is 10.6 Å². The molecule has 40 heavy (non-hydrogen) atoms. The van der Waals surface area contributed by atoms with E-state index in [2.05, 4.69) is 136 Å². The first-order valence-electron chi connectivity index (χ1n) is 14.2. The molecule has 0 unspecified atom stereocenters. The first-order valence-corrected chi connectivity index (χ1v) is 14.2. The molecule has 0 radical (unpaired) electrons. The fraction of sp³-hybridized carbons (Fsp3) is 0.158. The second kappa shape index (κ2) is 10.5. The number of nitrogen functional groups attached to an aromatic ring is 1. The van der Waals surface area contributed by atoms with Crippen molar-refractivity contribution in [2.24, 2.45) is 0 Å². The van der Waals surface area contributed by atoms with Gasteiger partial charge in [0.15, 0.2) is 0 Å². The highest BCUT2D eigenvalue weighted by molar-refractivity contribution is 5.93. The van der Waals surface area contributed by atoms with Crippen LogP contribution in [-0.4, -0.2) is 0 Å². The Hall–Kier alpha value is -4.56. The number of anilines is 4. The van der Waals surface area contributed by atoms with Crippen molar-refractivity contribution < 1.29 is 0 Å². The summed E-state index contributed by atoms with van der Waals surface area (Å²) in [5, 5.41) is 5.01. The van der Waals surface area contributed by atoms with Crippen molar-refractivity contribution in [2.45, 2.75) is 39.5 Å². The summed E-state index contributed by atoms with van der Waals surface area (Å²) in [6.07, 6.45) is 0. The summed E-state index contributed by atoms with van der Waals surface area (Å²) in [6, 6.07) is 44.0. The molecule has 6 aromatic carbocycles. The molecular weight excluding hydrogens is 484 g/mol. The van der Waals surface area contributed by atoms with E-state index in [0.29, 0.717) is 11.8 Å². The van der Waals surface area contributed by atoms with Gasteiger partial charge < -0.3 is 10.6 Å². The maximum atomic E-state index is 6.29. The average Bonchev–Trinajstić information content (AvgIpc) is 2.97. The summed E-state index contributed by atoms with van der Waals surface area (Å²) in [6.45, 7) is 8.98. The van der Waals surface area contributed by atoms with E-state index >= 15 is 0 Å². The third kappa shape index (κ3) is 4.94. The lowest BCUT2D eigenvalue weighted by Crippen LogP contribution is -2.10. The Bertz CT molecular complexity index is 1720. The molecule has 6 rings (SSSR count). The Balaban J connectivity index is 1.48.